The Balaban J connectivity index is 2.57. The minimum Gasteiger partial charge on any atom is -0.468 e. The van der Waals surface area contributed by atoms with E-state index < -0.39 is 28.5 Å². The summed E-state index contributed by atoms with van der Waals surface area (Å²) in [5, 5.41) is 1.70. The second-order valence-electron chi connectivity index (χ2n) is 4.68. The van der Waals surface area contributed by atoms with Crippen molar-refractivity contribution in [3.8, 4) is 0 Å². The molecule has 134 valence electrons. The molecule has 0 saturated carbocycles. The number of sulfonamides is 1. The highest BCUT2D eigenvalue weighted by molar-refractivity contribution is 7.94. The number of ether oxygens (including phenoxy) is 2. The molecule has 0 saturated heterocycles. The largest absolute Gasteiger partial charge is 0.468 e. The number of carbonyl (C=O) groups is 2. The van der Waals surface area contributed by atoms with Crippen molar-refractivity contribution in [2.75, 3.05) is 25.1 Å². The molecule has 25 heavy (non-hydrogen) atoms. The van der Waals surface area contributed by atoms with Crippen molar-refractivity contribution < 1.29 is 27.5 Å². The zero-order chi connectivity index (χ0) is 18.6. The fourth-order valence-electron chi connectivity index (χ4n) is 1.95. The number of esters is 2. The summed E-state index contributed by atoms with van der Waals surface area (Å²) in [5.41, 5.74) is 0.0708. The molecule has 2 aromatic rings. The van der Waals surface area contributed by atoms with Gasteiger partial charge in [-0.3, -0.25) is 9.10 Å². The molecule has 1 aromatic heterocycles. The third-order valence-electron chi connectivity index (χ3n) is 3.18. The Bertz CT molecular complexity index is 879. The van der Waals surface area contributed by atoms with Crippen LogP contribution in [0.15, 0.2) is 39.9 Å². The maximum absolute atomic E-state index is 12.9. The van der Waals surface area contributed by atoms with Crippen LogP contribution in [0.4, 0.5) is 5.69 Å². The zero-order valence-corrected chi connectivity index (χ0v) is 15.7. The molecule has 0 fully saturated rings. The van der Waals surface area contributed by atoms with Gasteiger partial charge in [-0.2, -0.15) is 0 Å². The van der Waals surface area contributed by atoms with Crippen LogP contribution in [0.1, 0.15) is 10.4 Å². The van der Waals surface area contributed by atoms with Crippen LogP contribution in [0.5, 0.6) is 0 Å². The van der Waals surface area contributed by atoms with Crippen LogP contribution in [0.25, 0.3) is 0 Å². The SMILES string of the molecule is COC(=O)CN(c1ccc(Cl)c(C(=O)OC)c1)S(=O)(=O)c1cccs1. The summed E-state index contributed by atoms with van der Waals surface area (Å²) < 4.78 is 35.8. The van der Waals surface area contributed by atoms with Gasteiger partial charge in [0.2, 0.25) is 0 Å². The first-order valence-electron chi connectivity index (χ1n) is 6.82. The summed E-state index contributed by atoms with van der Waals surface area (Å²) in [6.07, 6.45) is 0. The highest BCUT2D eigenvalue weighted by Crippen LogP contribution is 2.29. The normalized spacial score (nSPS) is 11.0. The van der Waals surface area contributed by atoms with Gasteiger partial charge in [0, 0.05) is 0 Å². The molecular weight excluding hydrogens is 390 g/mol. The first-order valence-corrected chi connectivity index (χ1v) is 9.52. The molecular formula is C15H14ClNO6S2. The van der Waals surface area contributed by atoms with Crippen molar-refractivity contribution in [2.24, 2.45) is 0 Å². The molecule has 1 aromatic carbocycles. The summed E-state index contributed by atoms with van der Waals surface area (Å²) >= 11 is 6.97. The van der Waals surface area contributed by atoms with Gasteiger partial charge >= 0.3 is 11.9 Å². The molecule has 0 unspecified atom stereocenters. The van der Waals surface area contributed by atoms with Crippen molar-refractivity contribution in [3.63, 3.8) is 0 Å². The van der Waals surface area contributed by atoms with Gasteiger partial charge in [0.15, 0.2) is 0 Å². The molecule has 0 radical (unpaired) electrons. The van der Waals surface area contributed by atoms with Gasteiger partial charge in [0.05, 0.1) is 30.5 Å². The lowest BCUT2D eigenvalue weighted by Crippen LogP contribution is -2.36. The van der Waals surface area contributed by atoms with E-state index in [1.807, 2.05) is 0 Å². The van der Waals surface area contributed by atoms with Crippen LogP contribution in [0.2, 0.25) is 5.02 Å². The second kappa shape index (κ2) is 7.85. The average Bonchev–Trinajstić information content (AvgIpc) is 3.14. The summed E-state index contributed by atoms with van der Waals surface area (Å²) in [5.74, 6) is -1.48. The van der Waals surface area contributed by atoms with Gasteiger partial charge in [-0.15, -0.1) is 11.3 Å². The molecule has 0 bridgehead atoms. The number of thiophene rings is 1. The predicted octanol–water partition coefficient (Wildman–Crippen LogP) is 2.56. The van der Waals surface area contributed by atoms with E-state index in [9.17, 15) is 18.0 Å². The van der Waals surface area contributed by atoms with Crippen LogP contribution in [0.3, 0.4) is 0 Å². The Morgan fingerprint density at radius 1 is 1.20 bits per heavy atom. The predicted molar refractivity (Wildman–Crippen MR) is 93.7 cm³/mol. The summed E-state index contributed by atoms with van der Waals surface area (Å²) in [4.78, 5) is 23.5. The van der Waals surface area contributed by atoms with Crippen molar-refractivity contribution in [1.82, 2.24) is 0 Å². The number of anilines is 1. The fraction of sp³-hybridized carbons (Fsp3) is 0.200. The number of halogens is 1. The number of hydrogen-bond acceptors (Lipinski definition) is 7. The van der Waals surface area contributed by atoms with E-state index in [0.717, 1.165) is 22.8 Å². The number of hydrogen-bond donors (Lipinski definition) is 0. The maximum atomic E-state index is 12.9. The lowest BCUT2D eigenvalue weighted by atomic mass is 10.2. The third-order valence-corrected chi connectivity index (χ3v) is 6.66. The zero-order valence-electron chi connectivity index (χ0n) is 13.3. The van der Waals surface area contributed by atoms with Crippen LogP contribution < -0.4 is 4.31 Å². The van der Waals surface area contributed by atoms with E-state index in [1.54, 1.807) is 11.4 Å². The molecule has 0 aliphatic carbocycles. The van der Waals surface area contributed by atoms with E-state index >= 15 is 0 Å². The Morgan fingerprint density at radius 3 is 2.48 bits per heavy atom. The minimum absolute atomic E-state index is 0.0158. The number of benzene rings is 1. The number of nitrogens with zero attached hydrogens (tertiary/aromatic N) is 1. The van der Waals surface area contributed by atoms with E-state index in [4.69, 9.17) is 11.6 Å². The van der Waals surface area contributed by atoms with E-state index in [-0.39, 0.29) is 20.5 Å². The van der Waals surface area contributed by atoms with E-state index in [1.165, 1.54) is 31.4 Å². The van der Waals surface area contributed by atoms with Gasteiger partial charge in [-0.25, -0.2) is 13.2 Å². The van der Waals surface area contributed by atoms with Gasteiger partial charge in [-0.1, -0.05) is 17.7 Å². The van der Waals surface area contributed by atoms with Gasteiger partial charge in [0.1, 0.15) is 10.8 Å². The highest BCUT2D eigenvalue weighted by atomic mass is 35.5. The topological polar surface area (TPSA) is 90.0 Å². The molecule has 0 amide bonds. The van der Waals surface area contributed by atoms with Gasteiger partial charge < -0.3 is 9.47 Å². The maximum Gasteiger partial charge on any atom is 0.339 e. The molecule has 0 aliphatic rings. The monoisotopic (exact) mass is 403 g/mol. The lowest BCUT2D eigenvalue weighted by molar-refractivity contribution is -0.138. The second-order valence-corrected chi connectivity index (χ2v) is 8.12. The van der Waals surface area contributed by atoms with E-state index in [2.05, 4.69) is 9.47 Å². The van der Waals surface area contributed by atoms with Crippen molar-refractivity contribution >= 4 is 50.6 Å². The summed E-state index contributed by atoms with van der Waals surface area (Å²) in [7, 11) is -1.69. The van der Waals surface area contributed by atoms with Crippen LogP contribution in [-0.2, 0) is 24.3 Å². The molecule has 0 aliphatic heterocycles. The third kappa shape index (κ3) is 4.12. The summed E-state index contributed by atoms with van der Waals surface area (Å²) in [6.45, 7) is -0.557. The van der Waals surface area contributed by atoms with Crippen LogP contribution in [-0.4, -0.2) is 41.1 Å². The first-order chi connectivity index (χ1) is 11.8. The standard InChI is InChI=1S/C15H14ClNO6S2/c1-22-13(18)9-17(25(20,21)14-4-3-7-24-14)10-5-6-12(16)11(8-10)15(19)23-2/h3-8H,9H2,1-2H3. The quantitative estimate of drug-likeness (QED) is 0.688. The highest BCUT2D eigenvalue weighted by Gasteiger charge is 2.29. The molecule has 0 spiro atoms. The van der Waals surface area contributed by atoms with Gasteiger partial charge in [0.25, 0.3) is 10.0 Å². The van der Waals surface area contributed by atoms with Crippen LogP contribution >= 0.6 is 22.9 Å². The van der Waals surface area contributed by atoms with Crippen molar-refractivity contribution in [2.45, 2.75) is 4.21 Å². The molecule has 1 heterocycles. The van der Waals surface area contributed by atoms with Crippen molar-refractivity contribution in [1.29, 1.82) is 0 Å². The molecule has 0 atom stereocenters. The number of rotatable bonds is 6. The molecule has 2 rings (SSSR count). The minimum atomic E-state index is -4.02. The Morgan fingerprint density at radius 2 is 1.92 bits per heavy atom. The summed E-state index contributed by atoms with van der Waals surface area (Å²) in [6, 6.07) is 7.00. The molecule has 7 nitrogen and oxygen atoms in total. The Hall–Kier alpha value is -2.10. The van der Waals surface area contributed by atoms with E-state index in [0.29, 0.717) is 0 Å². The van der Waals surface area contributed by atoms with Crippen molar-refractivity contribution in [3.05, 3.63) is 46.3 Å². The number of carbonyl (C=O) groups excluding carboxylic acids is 2. The van der Waals surface area contributed by atoms with Crippen LogP contribution in [0, 0.1) is 0 Å². The Labute approximate surface area is 153 Å². The Kier molecular flexibility index (Phi) is 6.04. The lowest BCUT2D eigenvalue weighted by Gasteiger charge is -2.23. The molecule has 10 heteroatoms. The average molecular weight is 404 g/mol. The fourth-order valence-corrected chi connectivity index (χ4v) is 4.65. The smallest absolute Gasteiger partial charge is 0.339 e. The number of methoxy groups -OCH3 is 2. The first kappa shape index (κ1) is 19.2. The van der Waals surface area contributed by atoms with Gasteiger partial charge in [-0.05, 0) is 29.6 Å². The molecule has 0 N–H and O–H groups in total.